The van der Waals surface area contributed by atoms with Crippen molar-refractivity contribution in [1.29, 1.82) is 0 Å². The maximum absolute atomic E-state index is 14.1. The molecule has 0 spiro atoms. The minimum atomic E-state index is -2.02. The number of pyridine rings is 1. The van der Waals surface area contributed by atoms with Gasteiger partial charge in [0.2, 0.25) is 5.91 Å². The van der Waals surface area contributed by atoms with Gasteiger partial charge in [0.05, 0.1) is 18.3 Å². The van der Waals surface area contributed by atoms with E-state index in [2.05, 4.69) is 49.1 Å². The van der Waals surface area contributed by atoms with Gasteiger partial charge in [-0.25, -0.2) is 9.37 Å². The van der Waals surface area contributed by atoms with Crippen LogP contribution in [0.5, 0.6) is 0 Å². The van der Waals surface area contributed by atoms with Crippen molar-refractivity contribution in [3.05, 3.63) is 58.8 Å². The number of fused-ring (bicyclic) bond motifs is 2. The van der Waals surface area contributed by atoms with Gasteiger partial charge in [0.15, 0.2) is 8.32 Å². The van der Waals surface area contributed by atoms with Gasteiger partial charge in [-0.05, 0) is 48.0 Å². The van der Waals surface area contributed by atoms with Crippen LogP contribution in [0.3, 0.4) is 0 Å². The number of nitrogens with one attached hydrogen (secondary N) is 2. The van der Waals surface area contributed by atoms with E-state index >= 15 is 0 Å². The highest BCUT2D eigenvalue weighted by Gasteiger charge is 2.38. The van der Waals surface area contributed by atoms with Crippen molar-refractivity contribution >= 4 is 48.3 Å². The number of aromatic amines is 1. The maximum Gasteiger partial charge on any atom is 0.268 e. The van der Waals surface area contributed by atoms with Crippen LogP contribution >= 0.6 is 11.6 Å². The van der Waals surface area contributed by atoms with E-state index in [4.69, 9.17) is 16.0 Å². The SMILES string of the molecule is CC(C)(C)[Si](C)(C)OCCN1C(=O)C(NC(=O)c2cc3cc(Cl)ncc3[nH]2)Cc2ccc(F)cc21. The van der Waals surface area contributed by atoms with E-state index in [1.165, 1.54) is 17.0 Å². The molecular formula is C25H30ClFN4O3Si. The Bertz CT molecular complexity index is 1290. The molecule has 4 rings (SSSR count). The number of H-pyrrole nitrogens is 1. The van der Waals surface area contributed by atoms with E-state index in [0.717, 1.165) is 10.9 Å². The van der Waals surface area contributed by atoms with Crippen molar-refractivity contribution < 1.29 is 18.4 Å². The highest BCUT2D eigenvalue weighted by atomic mass is 35.5. The quantitative estimate of drug-likeness (QED) is 0.354. The second-order valence-corrected chi connectivity index (χ2v) is 15.6. The largest absolute Gasteiger partial charge is 0.415 e. The standard InChI is InChI=1S/C25H30ClFN4O3Si/c1-25(2,3)35(4,5)34-9-8-31-21-13-17(27)7-6-15(21)10-19(24(31)33)30-23(32)18-11-16-12-22(26)28-14-20(16)29-18/h6-7,11-14,19,29H,8-10H2,1-5H3,(H,30,32). The molecule has 35 heavy (non-hydrogen) atoms. The zero-order valence-corrected chi connectivity index (χ0v) is 22.3. The molecule has 7 nitrogen and oxygen atoms in total. The fourth-order valence-electron chi connectivity index (χ4n) is 3.89. The molecule has 10 heteroatoms. The number of amides is 2. The number of hydrogen-bond acceptors (Lipinski definition) is 4. The Kier molecular flexibility index (Phi) is 6.78. The number of carbonyl (C=O) groups excluding carboxylic acids is 2. The number of halogens is 2. The van der Waals surface area contributed by atoms with E-state index in [0.29, 0.717) is 28.7 Å². The minimum absolute atomic E-state index is 0.0266. The monoisotopic (exact) mass is 516 g/mol. The molecule has 1 aromatic carbocycles. The highest BCUT2D eigenvalue weighted by Crippen LogP contribution is 2.37. The molecule has 186 valence electrons. The molecule has 0 saturated carbocycles. The van der Waals surface area contributed by atoms with Crippen LogP contribution in [-0.4, -0.2) is 49.3 Å². The third-order valence-corrected chi connectivity index (χ3v) is 11.7. The zero-order valence-electron chi connectivity index (χ0n) is 20.5. The van der Waals surface area contributed by atoms with Crippen LogP contribution in [0.1, 0.15) is 36.8 Å². The Morgan fingerprint density at radius 2 is 2.06 bits per heavy atom. The van der Waals surface area contributed by atoms with Gasteiger partial charge >= 0.3 is 0 Å². The van der Waals surface area contributed by atoms with Crippen molar-refractivity contribution in [2.45, 2.75) is 51.4 Å². The Labute approximate surface area is 210 Å². The Hall–Kier alpha value is -2.75. The van der Waals surface area contributed by atoms with Crippen LogP contribution in [0.25, 0.3) is 10.9 Å². The fourth-order valence-corrected chi connectivity index (χ4v) is 5.09. The number of carbonyl (C=O) groups is 2. The lowest BCUT2D eigenvalue weighted by atomic mass is 9.96. The van der Waals surface area contributed by atoms with Gasteiger partial charge in [-0.2, -0.15) is 0 Å². The molecule has 3 heterocycles. The molecular weight excluding hydrogens is 487 g/mol. The lowest BCUT2D eigenvalue weighted by Gasteiger charge is -2.38. The third kappa shape index (κ3) is 5.27. The van der Waals surface area contributed by atoms with Crippen LogP contribution in [0, 0.1) is 5.82 Å². The van der Waals surface area contributed by atoms with Gasteiger partial charge in [0.1, 0.15) is 22.7 Å². The van der Waals surface area contributed by atoms with Crippen LogP contribution in [0.15, 0.2) is 36.5 Å². The highest BCUT2D eigenvalue weighted by molar-refractivity contribution is 6.74. The van der Waals surface area contributed by atoms with Crippen molar-refractivity contribution in [3.8, 4) is 0 Å². The second kappa shape index (κ2) is 9.37. The number of nitrogens with zero attached hydrogens (tertiary/aromatic N) is 2. The summed E-state index contributed by atoms with van der Waals surface area (Å²) in [6.07, 6.45) is 1.82. The molecule has 2 amide bonds. The molecule has 2 aromatic heterocycles. The first-order valence-corrected chi connectivity index (χ1v) is 14.8. The van der Waals surface area contributed by atoms with Crippen molar-refractivity contribution in [2.24, 2.45) is 0 Å². The molecule has 1 aliphatic rings. The molecule has 2 N–H and O–H groups in total. The predicted molar refractivity (Wildman–Crippen MR) is 138 cm³/mol. The average Bonchev–Trinajstić information content (AvgIpc) is 3.19. The second-order valence-electron chi connectivity index (χ2n) is 10.4. The Balaban J connectivity index is 1.54. The lowest BCUT2D eigenvalue weighted by molar-refractivity contribution is -0.120. The molecule has 0 radical (unpaired) electrons. The fraction of sp³-hybridized carbons (Fsp3) is 0.400. The van der Waals surface area contributed by atoms with Gasteiger partial charge < -0.3 is 19.6 Å². The average molecular weight is 517 g/mol. The predicted octanol–water partition coefficient (Wildman–Crippen LogP) is 5.06. The van der Waals surface area contributed by atoms with Crippen molar-refractivity contribution in [3.63, 3.8) is 0 Å². The number of aromatic nitrogens is 2. The van der Waals surface area contributed by atoms with Gasteiger partial charge in [-0.1, -0.05) is 38.4 Å². The van der Waals surface area contributed by atoms with E-state index in [9.17, 15) is 14.0 Å². The lowest BCUT2D eigenvalue weighted by Crippen LogP contribution is -2.54. The normalized spacial score (nSPS) is 16.5. The Morgan fingerprint density at radius 3 is 2.77 bits per heavy atom. The summed E-state index contributed by atoms with van der Waals surface area (Å²) >= 11 is 5.94. The number of benzene rings is 1. The smallest absolute Gasteiger partial charge is 0.268 e. The topological polar surface area (TPSA) is 87.3 Å². The first kappa shape index (κ1) is 25.3. The van der Waals surface area contributed by atoms with Gasteiger partial charge in [-0.15, -0.1) is 0 Å². The van der Waals surface area contributed by atoms with Crippen LogP contribution in [0.2, 0.25) is 23.3 Å². The van der Waals surface area contributed by atoms with E-state index in [1.54, 1.807) is 24.4 Å². The Morgan fingerprint density at radius 1 is 1.31 bits per heavy atom. The molecule has 0 bridgehead atoms. The maximum atomic E-state index is 14.1. The molecule has 1 aliphatic heterocycles. The first-order chi connectivity index (χ1) is 16.4. The van der Waals surface area contributed by atoms with Crippen LogP contribution in [-0.2, 0) is 15.6 Å². The third-order valence-electron chi connectivity index (χ3n) is 6.93. The van der Waals surface area contributed by atoms with Gasteiger partial charge in [0, 0.05) is 24.0 Å². The molecule has 3 aromatic rings. The van der Waals surface area contributed by atoms with Crippen LogP contribution in [0.4, 0.5) is 10.1 Å². The molecule has 0 fully saturated rings. The summed E-state index contributed by atoms with van der Waals surface area (Å²) in [7, 11) is -2.02. The van der Waals surface area contributed by atoms with Crippen molar-refractivity contribution in [1.82, 2.24) is 15.3 Å². The van der Waals surface area contributed by atoms with E-state index < -0.39 is 26.1 Å². The molecule has 0 saturated heterocycles. The zero-order chi connectivity index (χ0) is 25.5. The van der Waals surface area contributed by atoms with E-state index in [1.807, 2.05) is 0 Å². The summed E-state index contributed by atoms with van der Waals surface area (Å²) in [4.78, 5) is 35.0. The summed E-state index contributed by atoms with van der Waals surface area (Å²) in [5.41, 5.74) is 2.27. The molecule has 1 atom stereocenters. The van der Waals surface area contributed by atoms with Gasteiger partial charge in [-0.3, -0.25) is 9.59 Å². The number of hydrogen-bond donors (Lipinski definition) is 2. The van der Waals surface area contributed by atoms with Crippen LogP contribution < -0.4 is 10.2 Å². The van der Waals surface area contributed by atoms with Gasteiger partial charge in [0.25, 0.3) is 5.91 Å². The minimum Gasteiger partial charge on any atom is -0.415 e. The summed E-state index contributed by atoms with van der Waals surface area (Å²) < 4.78 is 20.3. The summed E-state index contributed by atoms with van der Waals surface area (Å²) in [6, 6.07) is 6.93. The summed E-state index contributed by atoms with van der Waals surface area (Å²) in [5, 5.41) is 3.93. The summed E-state index contributed by atoms with van der Waals surface area (Å²) in [6.45, 7) is 11.3. The number of rotatable bonds is 6. The molecule has 0 aliphatic carbocycles. The summed E-state index contributed by atoms with van der Waals surface area (Å²) in [5.74, 6) is -1.13. The first-order valence-electron chi connectivity index (χ1n) is 11.5. The van der Waals surface area contributed by atoms with Crippen molar-refractivity contribution in [2.75, 3.05) is 18.1 Å². The number of anilines is 1. The molecule has 1 unspecified atom stereocenters. The van der Waals surface area contributed by atoms with E-state index in [-0.39, 0.29) is 23.9 Å².